The lowest BCUT2D eigenvalue weighted by Gasteiger charge is -2.13. The molecule has 0 aliphatic heterocycles. The van der Waals surface area contributed by atoms with Gasteiger partial charge < -0.3 is 10.7 Å². The Kier molecular flexibility index (Phi) is 4.80. The van der Waals surface area contributed by atoms with Crippen LogP contribution in [0.1, 0.15) is 0 Å². The Hall–Kier alpha value is -1.73. The molecule has 0 spiro atoms. The minimum Gasteiger partial charge on any atom is -0.403 e. The first-order chi connectivity index (χ1) is 8.03. The molecule has 0 bridgehead atoms. The average molecular weight is 256 g/mol. The van der Waals surface area contributed by atoms with Crippen LogP contribution in [0, 0.1) is 0 Å². The number of para-hydroxylation sites is 1. The van der Waals surface area contributed by atoms with Gasteiger partial charge in [-0.3, -0.25) is 4.72 Å². The maximum atomic E-state index is 11.7. The number of sulfonamides is 1. The van der Waals surface area contributed by atoms with Gasteiger partial charge >= 0.3 is 0 Å². The summed E-state index contributed by atoms with van der Waals surface area (Å²) in [5.74, 6) is 5.35. The summed E-state index contributed by atoms with van der Waals surface area (Å²) >= 11 is 0. The van der Waals surface area contributed by atoms with Crippen molar-refractivity contribution in [1.82, 2.24) is 5.01 Å². The molecule has 0 aliphatic carbocycles. The van der Waals surface area contributed by atoms with E-state index in [1.54, 1.807) is 24.3 Å². The molecule has 1 aromatic rings. The lowest BCUT2D eigenvalue weighted by Crippen LogP contribution is -2.32. The smallest absolute Gasteiger partial charge is 0.234 e. The van der Waals surface area contributed by atoms with Gasteiger partial charge in [0.05, 0.1) is 5.75 Å². The number of hydrazine groups is 1. The van der Waals surface area contributed by atoms with Gasteiger partial charge in [-0.1, -0.05) is 18.2 Å². The second-order valence-corrected chi connectivity index (χ2v) is 5.21. The third-order valence-electron chi connectivity index (χ3n) is 1.94. The quantitative estimate of drug-likeness (QED) is 0.492. The van der Waals surface area contributed by atoms with Crippen LogP contribution in [0.5, 0.6) is 0 Å². The van der Waals surface area contributed by atoms with E-state index in [1.165, 1.54) is 17.4 Å². The molecule has 0 aromatic heterocycles. The average Bonchev–Trinajstić information content (AvgIpc) is 2.28. The summed E-state index contributed by atoms with van der Waals surface area (Å²) in [5.41, 5.74) is 5.66. The van der Waals surface area contributed by atoms with Crippen molar-refractivity contribution in [2.75, 3.05) is 17.0 Å². The van der Waals surface area contributed by atoms with Gasteiger partial charge in [-0.25, -0.2) is 14.3 Å². The summed E-state index contributed by atoms with van der Waals surface area (Å²) < 4.78 is 25.8. The summed E-state index contributed by atoms with van der Waals surface area (Å²) in [5, 5.41) is 1.21. The van der Waals surface area contributed by atoms with E-state index in [1.807, 2.05) is 6.07 Å². The molecule has 5 N–H and O–H groups in total. The van der Waals surface area contributed by atoms with Crippen molar-refractivity contribution in [2.24, 2.45) is 11.6 Å². The van der Waals surface area contributed by atoms with Crippen molar-refractivity contribution in [2.45, 2.75) is 0 Å². The molecule has 1 rings (SSSR count). The van der Waals surface area contributed by atoms with Crippen molar-refractivity contribution >= 4 is 15.7 Å². The highest BCUT2D eigenvalue weighted by molar-refractivity contribution is 7.92. The Labute approximate surface area is 101 Å². The largest absolute Gasteiger partial charge is 0.403 e. The van der Waals surface area contributed by atoms with E-state index in [9.17, 15) is 8.42 Å². The Morgan fingerprint density at radius 2 is 1.94 bits per heavy atom. The van der Waals surface area contributed by atoms with E-state index in [4.69, 9.17) is 11.6 Å². The van der Waals surface area contributed by atoms with E-state index >= 15 is 0 Å². The molecule has 0 heterocycles. The number of nitrogens with one attached hydrogen (secondary N) is 1. The van der Waals surface area contributed by atoms with Crippen LogP contribution in [-0.2, 0) is 10.0 Å². The van der Waals surface area contributed by atoms with Crippen LogP contribution >= 0.6 is 0 Å². The van der Waals surface area contributed by atoms with Gasteiger partial charge in [-0.15, -0.1) is 0 Å². The molecule has 0 saturated heterocycles. The molecule has 0 saturated carbocycles. The van der Waals surface area contributed by atoms with E-state index in [-0.39, 0.29) is 12.3 Å². The topological polar surface area (TPSA) is 101 Å². The van der Waals surface area contributed by atoms with Crippen LogP contribution in [0.2, 0.25) is 0 Å². The SMILES string of the molecule is N/C=C\N(N)CCS(=O)(=O)Nc1ccccc1. The number of rotatable bonds is 6. The van der Waals surface area contributed by atoms with Crippen molar-refractivity contribution in [3.8, 4) is 0 Å². The fourth-order valence-electron chi connectivity index (χ4n) is 1.15. The van der Waals surface area contributed by atoms with Gasteiger partial charge in [-0.2, -0.15) is 0 Å². The second-order valence-electron chi connectivity index (χ2n) is 3.37. The zero-order valence-electron chi connectivity index (χ0n) is 9.28. The molecule has 0 fully saturated rings. The summed E-state index contributed by atoms with van der Waals surface area (Å²) in [6, 6.07) is 8.68. The standard InChI is InChI=1S/C10H16N4O2S/c11-6-7-14(12)8-9-17(15,16)13-10-4-2-1-3-5-10/h1-7,13H,8-9,11-12H2/b7-6-. The lowest BCUT2D eigenvalue weighted by atomic mass is 10.3. The molecule has 1 aromatic carbocycles. The summed E-state index contributed by atoms with van der Waals surface area (Å²) in [6.07, 6.45) is 2.65. The summed E-state index contributed by atoms with van der Waals surface area (Å²) in [6.45, 7) is 0.163. The van der Waals surface area contributed by atoms with E-state index in [0.29, 0.717) is 5.69 Å². The van der Waals surface area contributed by atoms with E-state index in [2.05, 4.69) is 4.72 Å². The molecule has 0 aliphatic rings. The molecule has 0 radical (unpaired) electrons. The van der Waals surface area contributed by atoms with Crippen LogP contribution in [-0.4, -0.2) is 25.7 Å². The lowest BCUT2D eigenvalue weighted by molar-refractivity contribution is 0.415. The Balaban J connectivity index is 2.53. The molecule has 0 atom stereocenters. The molecular weight excluding hydrogens is 240 g/mol. The number of anilines is 1. The molecule has 7 heteroatoms. The minimum atomic E-state index is -3.39. The fourth-order valence-corrected chi connectivity index (χ4v) is 2.20. The highest BCUT2D eigenvalue weighted by atomic mass is 32.2. The fraction of sp³-hybridized carbons (Fsp3) is 0.200. The third kappa shape index (κ3) is 5.23. The highest BCUT2D eigenvalue weighted by Gasteiger charge is 2.10. The van der Waals surface area contributed by atoms with Gasteiger partial charge in [-0.05, 0) is 12.1 Å². The summed E-state index contributed by atoms with van der Waals surface area (Å²) in [4.78, 5) is 0. The van der Waals surface area contributed by atoms with Gasteiger partial charge in [0.2, 0.25) is 10.0 Å². The van der Waals surface area contributed by atoms with Gasteiger partial charge in [0.15, 0.2) is 0 Å². The number of nitrogens with two attached hydrogens (primary N) is 2. The van der Waals surface area contributed by atoms with E-state index < -0.39 is 10.0 Å². The normalized spacial score (nSPS) is 11.6. The molecule has 0 amide bonds. The number of hydrogen-bond acceptors (Lipinski definition) is 5. The Morgan fingerprint density at radius 1 is 1.29 bits per heavy atom. The van der Waals surface area contributed by atoms with Crippen molar-refractivity contribution < 1.29 is 8.42 Å². The van der Waals surface area contributed by atoms with Crippen LogP contribution in [0.15, 0.2) is 42.7 Å². The molecule has 17 heavy (non-hydrogen) atoms. The van der Waals surface area contributed by atoms with Gasteiger partial charge in [0.25, 0.3) is 0 Å². The first kappa shape index (κ1) is 13.3. The zero-order valence-corrected chi connectivity index (χ0v) is 10.1. The van der Waals surface area contributed by atoms with Crippen molar-refractivity contribution in [1.29, 1.82) is 0 Å². The predicted octanol–water partition coefficient (Wildman–Crippen LogP) is 0.0339. The molecule has 0 unspecified atom stereocenters. The van der Waals surface area contributed by atoms with Gasteiger partial charge in [0, 0.05) is 24.6 Å². The van der Waals surface area contributed by atoms with Crippen LogP contribution in [0.25, 0.3) is 0 Å². The highest BCUT2D eigenvalue weighted by Crippen LogP contribution is 2.07. The monoisotopic (exact) mass is 256 g/mol. The second kappa shape index (κ2) is 6.12. The Morgan fingerprint density at radius 3 is 2.53 bits per heavy atom. The predicted molar refractivity (Wildman–Crippen MR) is 68.1 cm³/mol. The minimum absolute atomic E-state index is 0.108. The zero-order chi connectivity index (χ0) is 12.7. The van der Waals surface area contributed by atoms with Crippen molar-refractivity contribution in [3.05, 3.63) is 42.7 Å². The molecule has 94 valence electrons. The third-order valence-corrected chi connectivity index (χ3v) is 3.21. The Bertz CT molecular complexity index is 458. The van der Waals surface area contributed by atoms with Crippen LogP contribution in [0.4, 0.5) is 5.69 Å². The van der Waals surface area contributed by atoms with E-state index in [0.717, 1.165) is 0 Å². The molecule has 6 nitrogen and oxygen atoms in total. The first-order valence-electron chi connectivity index (χ1n) is 4.99. The number of nitrogens with zero attached hydrogens (tertiary/aromatic N) is 1. The van der Waals surface area contributed by atoms with Crippen molar-refractivity contribution in [3.63, 3.8) is 0 Å². The first-order valence-corrected chi connectivity index (χ1v) is 6.64. The number of hydrogen-bond donors (Lipinski definition) is 3. The molecular formula is C10H16N4O2S. The van der Waals surface area contributed by atoms with Crippen LogP contribution in [0.3, 0.4) is 0 Å². The maximum Gasteiger partial charge on any atom is 0.234 e. The number of benzene rings is 1. The van der Waals surface area contributed by atoms with Gasteiger partial charge in [0.1, 0.15) is 0 Å². The van der Waals surface area contributed by atoms with Crippen LogP contribution < -0.4 is 16.3 Å². The summed E-state index contributed by atoms with van der Waals surface area (Å²) in [7, 11) is -3.39. The maximum absolute atomic E-state index is 11.7.